The van der Waals surface area contributed by atoms with Crippen molar-refractivity contribution in [1.29, 1.82) is 0 Å². The van der Waals surface area contributed by atoms with Crippen LogP contribution in [-0.2, 0) is 18.4 Å². The highest BCUT2D eigenvalue weighted by Crippen LogP contribution is 2.08. The van der Waals surface area contributed by atoms with Gasteiger partial charge in [-0.1, -0.05) is 13.5 Å². The van der Waals surface area contributed by atoms with E-state index in [-0.39, 0.29) is 11.9 Å². The van der Waals surface area contributed by atoms with Gasteiger partial charge in [0.2, 0.25) is 0 Å². The maximum atomic E-state index is 10.7. The second-order valence-corrected chi connectivity index (χ2v) is 5.35. The van der Waals surface area contributed by atoms with Crippen LogP contribution in [-0.4, -0.2) is 36.1 Å². The smallest absolute Gasteiger partial charge is 0.330 e. The first-order chi connectivity index (χ1) is 6.63. The Labute approximate surface area is 86.7 Å². The normalized spacial score (nSPS) is 12.6. The van der Waals surface area contributed by atoms with Crippen molar-refractivity contribution in [3.63, 3.8) is 0 Å². The van der Waals surface area contributed by atoms with Crippen LogP contribution in [0.2, 0.25) is 6.04 Å². The Balaban J connectivity index is 3.68. The predicted octanol–water partition coefficient (Wildman–Crippen LogP) is 0.865. The van der Waals surface area contributed by atoms with E-state index in [1.807, 2.05) is 6.92 Å². The van der Waals surface area contributed by atoms with Gasteiger partial charge in [-0.3, -0.25) is 0 Å². The molecule has 0 aromatic heterocycles. The van der Waals surface area contributed by atoms with Gasteiger partial charge in [-0.2, -0.15) is 0 Å². The molecule has 82 valence electrons. The van der Waals surface area contributed by atoms with Crippen molar-refractivity contribution in [2.75, 3.05) is 20.8 Å². The van der Waals surface area contributed by atoms with Gasteiger partial charge in [0.05, 0.1) is 6.61 Å². The number of rotatable bonds is 7. The van der Waals surface area contributed by atoms with Gasteiger partial charge in [-0.15, -0.1) is 0 Å². The van der Waals surface area contributed by atoms with Gasteiger partial charge in [-0.05, 0) is 12.0 Å². The number of hydrogen-bond acceptors (Lipinski definition) is 4. The quantitative estimate of drug-likeness (QED) is 0.361. The number of carbonyl (C=O) groups excluding carboxylic acids is 1. The van der Waals surface area contributed by atoms with Crippen molar-refractivity contribution in [1.82, 2.24) is 0 Å². The fourth-order valence-corrected chi connectivity index (χ4v) is 2.34. The molecule has 0 saturated carbocycles. The van der Waals surface area contributed by atoms with Crippen LogP contribution in [0.5, 0.6) is 0 Å². The first-order valence-corrected chi connectivity index (χ1v) is 6.24. The summed E-state index contributed by atoms with van der Waals surface area (Å²) < 4.78 is 15.2. The second-order valence-electron chi connectivity index (χ2n) is 3.08. The lowest BCUT2D eigenvalue weighted by atomic mass is 10.2. The summed E-state index contributed by atoms with van der Waals surface area (Å²) in [6, 6.07) is 0.831. The van der Waals surface area contributed by atoms with E-state index in [1.165, 1.54) is 0 Å². The summed E-state index contributed by atoms with van der Waals surface area (Å²) >= 11 is 0. The van der Waals surface area contributed by atoms with Crippen LogP contribution in [0.25, 0.3) is 0 Å². The molecule has 1 atom stereocenters. The third-order valence-electron chi connectivity index (χ3n) is 1.80. The Hall–Kier alpha value is -0.653. The lowest BCUT2D eigenvalue weighted by Gasteiger charge is -2.15. The molecule has 5 heteroatoms. The Morgan fingerprint density at radius 1 is 1.50 bits per heavy atom. The summed E-state index contributed by atoms with van der Waals surface area (Å²) in [6.45, 7) is 5.70. The lowest BCUT2D eigenvalue weighted by molar-refractivity contribution is -0.138. The molecule has 0 bridgehead atoms. The van der Waals surface area contributed by atoms with E-state index < -0.39 is 9.28 Å². The van der Waals surface area contributed by atoms with Crippen LogP contribution in [0.15, 0.2) is 12.7 Å². The minimum Gasteiger partial charge on any atom is -0.462 e. The van der Waals surface area contributed by atoms with E-state index in [9.17, 15) is 4.79 Å². The SMILES string of the molecule is C=CC(=O)OCC(C)C[SiH](OC)OC. The van der Waals surface area contributed by atoms with Gasteiger partial charge in [-0.25, -0.2) is 4.79 Å². The Morgan fingerprint density at radius 2 is 2.07 bits per heavy atom. The van der Waals surface area contributed by atoms with E-state index in [2.05, 4.69) is 6.58 Å². The highest BCUT2D eigenvalue weighted by molar-refractivity contribution is 6.44. The fraction of sp³-hybridized carbons (Fsp3) is 0.667. The summed E-state index contributed by atoms with van der Waals surface area (Å²) in [4.78, 5) is 10.7. The molecular weight excluding hydrogens is 200 g/mol. The first kappa shape index (κ1) is 13.3. The zero-order valence-electron chi connectivity index (χ0n) is 8.99. The lowest BCUT2D eigenvalue weighted by Crippen LogP contribution is -2.24. The minimum atomic E-state index is -1.54. The molecule has 0 aromatic rings. The maximum Gasteiger partial charge on any atom is 0.330 e. The Morgan fingerprint density at radius 3 is 2.50 bits per heavy atom. The van der Waals surface area contributed by atoms with Crippen LogP contribution >= 0.6 is 0 Å². The molecule has 14 heavy (non-hydrogen) atoms. The van der Waals surface area contributed by atoms with E-state index in [0.29, 0.717) is 6.61 Å². The zero-order valence-corrected chi connectivity index (χ0v) is 10.1. The maximum absolute atomic E-state index is 10.7. The van der Waals surface area contributed by atoms with Crippen LogP contribution in [0.1, 0.15) is 6.92 Å². The van der Waals surface area contributed by atoms with Crippen molar-refractivity contribution in [2.45, 2.75) is 13.0 Å². The molecule has 1 unspecified atom stereocenters. The van der Waals surface area contributed by atoms with Crippen LogP contribution in [0.4, 0.5) is 0 Å². The van der Waals surface area contributed by atoms with Crippen molar-refractivity contribution >= 4 is 15.3 Å². The highest BCUT2D eigenvalue weighted by Gasteiger charge is 2.15. The molecule has 0 saturated heterocycles. The average molecular weight is 218 g/mol. The molecule has 0 rings (SSSR count). The molecule has 4 nitrogen and oxygen atoms in total. The van der Waals surface area contributed by atoms with Crippen LogP contribution in [0, 0.1) is 5.92 Å². The summed E-state index contributed by atoms with van der Waals surface area (Å²) in [6.07, 6.45) is 1.16. The average Bonchev–Trinajstić information content (AvgIpc) is 2.22. The van der Waals surface area contributed by atoms with Crippen molar-refractivity contribution in [3.05, 3.63) is 12.7 Å². The number of carbonyl (C=O) groups is 1. The number of hydrogen-bond donors (Lipinski definition) is 0. The topological polar surface area (TPSA) is 44.8 Å². The first-order valence-electron chi connectivity index (χ1n) is 4.48. The van der Waals surface area contributed by atoms with Crippen LogP contribution in [0.3, 0.4) is 0 Å². The summed E-state index contributed by atoms with van der Waals surface area (Å²) in [7, 11) is 1.74. The Bertz CT molecular complexity index is 180. The molecule has 0 aromatic carbocycles. The standard InChI is InChI=1S/C9H18O4Si/c1-5-9(10)13-6-8(2)7-14(11-3)12-4/h5,8,14H,1,6-7H2,2-4H3. The predicted molar refractivity (Wildman–Crippen MR) is 56.3 cm³/mol. The van der Waals surface area contributed by atoms with Crippen molar-refractivity contribution in [2.24, 2.45) is 5.92 Å². The molecule has 0 aliphatic carbocycles. The molecule has 0 amide bonds. The summed E-state index contributed by atoms with van der Waals surface area (Å²) in [5.74, 6) is -0.125. The van der Waals surface area contributed by atoms with Gasteiger partial charge in [0.1, 0.15) is 0 Å². The van der Waals surface area contributed by atoms with Crippen molar-refractivity contribution < 1.29 is 18.4 Å². The summed E-state index contributed by atoms with van der Waals surface area (Å²) in [5, 5.41) is 0. The largest absolute Gasteiger partial charge is 0.462 e. The third kappa shape index (κ3) is 5.90. The third-order valence-corrected chi connectivity index (χ3v) is 4.04. The minimum absolute atomic E-state index is 0.260. The molecule has 0 heterocycles. The number of ether oxygens (including phenoxy) is 1. The highest BCUT2D eigenvalue weighted by atomic mass is 28.3. The van der Waals surface area contributed by atoms with E-state index in [4.69, 9.17) is 13.6 Å². The molecular formula is C9H18O4Si. The zero-order chi connectivity index (χ0) is 11.0. The monoisotopic (exact) mass is 218 g/mol. The molecule has 0 radical (unpaired) electrons. The van der Waals surface area contributed by atoms with E-state index in [1.54, 1.807) is 14.2 Å². The van der Waals surface area contributed by atoms with Crippen molar-refractivity contribution in [3.8, 4) is 0 Å². The fourth-order valence-electron chi connectivity index (χ4n) is 0.969. The summed E-state index contributed by atoms with van der Waals surface area (Å²) in [5.41, 5.74) is 0. The van der Waals surface area contributed by atoms with Gasteiger partial charge in [0.25, 0.3) is 0 Å². The van der Waals surface area contributed by atoms with Crippen LogP contribution < -0.4 is 0 Å². The van der Waals surface area contributed by atoms with Gasteiger partial charge in [0, 0.05) is 20.3 Å². The molecule has 0 aliphatic rings. The molecule has 0 spiro atoms. The van der Waals surface area contributed by atoms with E-state index in [0.717, 1.165) is 12.1 Å². The van der Waals surface area contributed by atoms with Gasteiger partial charge >= 0.3 is 15.3 Å². The Kier molecular flexibility index (Phi) is 7.36. The molecule has 0 fully saturated rings. The molecule has 0 N–H and O–H groups in total. The second kappa shape index (κ2) is 7.72. The van der Waals surface area contributed by atoms with Gasteiger partial charge < -0.3 is 13.6 Å². The molecule has 0 aliphatic heterocycles. The van der Waals surface area contributed by atoms with Gasteiger partial charge in [0.15, 0.2) is 0 Å². The number of esters is 1. The van der Waals surface area contributed by atoms with E-state index >= 15 is 0 Å².